The van der Waals surface area contributed by atoms with Gasteiger partial charge < -0.3 is 14.9 Å². The van der Waals surface area contributed by atoms with E-state index in [1.54, 1.807) is 0 Å². The van der Waals surface area contributed by atoms with Crippen molar-refractivity contribution in [3.8, 4) is 11.5 Å². The summed E-state index contributed by atoms with van der Waals surface area (Å²) in [5, 5.41) is 18.3. The fourth-order valence-electron chi connectivity index (χ4n) is 1.31. The van der Waals surface area contributed by atoms with Crippen LogP contribution in [0.4, 0.5) is 0 Å². The summed E-state index contributed by atoms with van der Waals surface area (Å²) in [6.07, 6.45) is 1.76. The number of hydrogen-bond acceptors (Lipinski definition) is 4. The Labute approximate surface area is 98.6 Å². The molecule has 5 nitrogen and oxygen atoms in total. The van der Waals surface area contributed by atoms with Crippen LogP contribution in [0.25, 0.3) is 0 Å². The standard InChI is InChI=1S/C12H14O5/c1-2-3-7-10(14)17-9-6-4-5-8(13)11(9)12(15)16/h4-6,13H,2-3,7H2,1H3,(H,15,16). The van der Waals surface area contributed by atoms with Gasteiger partial charge in [0.05, 0.1) is 0 Å². The minimum atomic E-state index is -1.33. The van der Waals surface area contributed by atoms with Crippen molar-refractivity contribution in [3.05, 3.63) is 23.8 Å². The molecule has 0 atom stereocenters. The van der Waals surface area contributed by atoms with Crippen molar-refractivity contribution in [2.45, 2.75) is 26.2 Å². The number of ether oxygens (including phenoxy) is 1. The van der Waals surface area contributed by atoms with Gasteiger partial charge >= 0.3 is 11.9 Å². The summed E-state index contributed by atoms with van der Waals surface area (Å²) in [6, 6.07) is 3.99. The van der Waals surface area contributed by atoms with Gasteiger partial charge in [-0.2, -0.15) is 0 Å². The first kappa shape index (κ1) is 13.0. The van der Waals surface area contributed by atoms with Gasteiger partial charge in [0.15, 0.2) is 0 Å². The molecule has 92 valence electrons. The normalized spacial score (nSPS) is 9.94. The molecular weight excluding hydrogens is 224 g/mol. The monoisotopic (exact) mass is 238 g/mol. The zero-order valence-electron chi connectivity index (χ0n) is 9.47. The second kappa shape index (κ2) is 5.89. The summed E-state index contributed by atoms with van der Waals surface area (Å²) in [6.45, 7) is 1.93. The molecule has 1 aromatic rings. The Kier molecular flexibility index (Phi) is 4.51. The predicted molar refractivity (Wildman–Crippen MR) is 60.2 cm³/mol. The molecule has 0 aliphatic carbocycles. The lowest BCUT2D eigenvalue weighted by molar-refractivity contribution is -0.134. The molecule has 17 heavy (non-hydrogen) atoms. The Morgan fingerprint density at radius 2 is 2.06 bits per heavy atom. The van der Waals surface area contributed by atoms with Crippen molar-refractivity contribution in [2.24, 2.45) is 0 Å². The highest BCUT2D eigenvalue weighted by Crippen LogP contribution is 2.27. The summed E-state index contributed by atoms with van der Waals surface area (Å²) < 4.78 is 4.91. The molecule has 0 heterocycles. The number of carboxylic acids is 1. The fraction of sp³-hybridized carbons (Fsp3) is 0.333. The molecule has 2 N–H and O–H groups in total. The summed E-state index contributed by atoms with van der Waals surface area (Å²) >= 11 is 0. The first-order chi connectivity index (χ1) is 8.06. The second-order valence-corrected chi connectivity index (χ2v) is 3.53. The van der Waals surface area contributed by atoms with Crippen molar-refractivity contribution in [3.63, 3.8) is 0 Å². The van der Waals surface area contributed by atoms with Crippen LogP contribution in [-0.4, -0.2) is 22.2 Å². The lowest BCUT2D eigenvalue weighted by Gasteiger charge is -2.08. The third-order valence-electron chi connectivity index (χ3n) is 2.18. The maximum Gasteiger partial charge on any atom is 0.343 e. The molecule has 0 fully saturated rings. The van der Waals surface area contributed by atoms with E-state index >= 15 is 0 Å². The summed E-state index contributed by atoms with van der Waals surface area (Å²) in [4.78, 5) is 22.2. The number of carbonyl (C=O) groups excluding carboxylic acids is 1. The van der Waals surface area contributed by atoms with Crippen LogP contribution >= 0.6 is 0 Å². The average Bonchev–Trinajstić information content (AvgIpc) is 2.25. The molecule has 0 saturated carbocycles. The molecule has 0 amide bonds. The van der Waals surface area contributed by atoms with Gasteiger partial charge in [-0.15, -0.1) is 0 Å². The summed E-state index contributed by atoms with van der Waals surface area (Å²) in [5.74, 6) is -2.38. The van der Waals surface area contributed by atoms with Crippen molar-refractivity contribution in [1.82, 2.24) is 0 Å². The fourth-order valence-corrected chi connectivity index (χ4v) is 1.31. The van der Waals surface area contributed by atoms with E-state index in [1.165, 1.54) is 18.2 Å². The van der Waals surface area contributed by atoms with E-state index in [9.17, 15) is 14.7 Å². The van der Waals surface area contributed by atoms with Crippen LogP contribution in [0.2, 0.25) is 0 Å². The number of carboxylic acid groups (broad SMARTS) is 1. The maximum absolute atomic E-state index is 11.4. The topological polar surface area (TPSA) is 83.8 Å². The Hall–Kier alpha value is -2.04. The highest BCUT2D eigenvalue weighted by atomic mass is 16.5. The highest BCUT2D eigenvalue weighted by Gasteiger charge is 2.18. The van der Waals surface area contributed by atoms with Crippen LogP contribution < -0.4 is 4.74 Å². The quantitative estimate of drug-likeness (QED) is 0.606. The molecule has 0 saturated heterocycles. The lowest BCUT2D eigenvalue weighted by Crippen LogP contribution is -2.10. The minimum Gasteiger partial charge on any atom is -0.507 e. The molecule has 0 aromatic heterocycles. The van der Waals surface area contributed by atoms with E-state index < -0.39 is 23.3 Å². The number of esters is 1. The van der Waals surface area contributed by atoms with Crippen molar-refractivity contribution in [2.75, 3.05) is 0 Å². The van der Waals surface area contributed by atoms with Crippen LogP contribution in [0.3, 0.4) is 0 Å². The predicted octanol–water partition coefficient (Wildman–Crippen LogP) is 2.19. The number of benzene rings is 1. The number of aromatic carboxylic acids is 1. The number of aromatic hydroxyl groups is 1. The van der Waals surface area contributed by atoms with Crippen LogP contribution in [0.15, 0.2) is 18.2 Å². The first-order valence-electron chi connectivity index (χ1n) is 5.32. The van der Waals surface area contributed by atoms with Crippen molar-refractivity contribution >= 4 is 11.9 Å². The Morgan fingerprint density at radius 3 is 2.65 bits per heavy atom. The van der Waals surface area contributed by atoms with Crippen LogP contribution in [0.5, 0.6) is 11.5 Å². The number of phenols is 1. The van der Waals surface area contributed by atoms with Gasteiger partial charge in [-0.3, -0.25) is 4.79 Å². The third kappa shape index (κ3) is 3.48. The molecule has 0 radical (unpaired) electrons. The number of hydrogen-bond donors (Lipinski definition) is 2. The molecule has 0 unspecified atom stereocenters. The van der Waals surface area contributed by atoms with Gasteiger partial charge in [-0.25, -0.2) is 4.79 Å². The van der Waals surface area contributed by atoms with Crippen molar-refractivity contribution in [1.29, 1.82) is 0 Å². The summed E-state index contributed by atoms with van der Waals surface area (Å²) in [5.41, 5.74) is -0.391. The molecular formula is C12H14O5. The SMILES string of the molecule is CCCCC(=O)Oc1cccc(O)c1C(=O)O. The van der Waals surface area contributed by atoms with Crippen LogP contribution in [0.1, 0.15) is 36.5 Å². The second-order valence-electron chi connectivity index (χ2n) is 3.53. The number of rotatable bonds is 5. The Morgan fingerprint density at radius 1 is 1.35 bits per heavy atom. The molecule has 5 heteroatoms. The van der Waals surface area contributed by atoms with E-state index in [1.807, 2.05) is 6.92 Å². The lowest BCUT2D eigenvalue weighted by atomic mass is 10.2. The molecule has 0 spiro atoms. The largest absolute Gasteiger partial charge is 0.507 e. The van der Waals surface area contributed by atoms with Gasteiger partial charge in [0.1, 0.15) is 17.1 Å². The van der Waals surface area contributed by atoms with Gasteiger partial charge in [0, 0.05) is 6.42 Å². The third-order valence-corrected chi connectivity index (χ3v) is 2.18. The Balaban J connectivity index is 2.87. The van der Waals surface area contributed by atoms with E-state index in [0.717, 1.165) is 6.42 Å². The van der Waals surface area contributed by atoms with Gasteiger partial charge in [0.2, 0.25) is 0 Å². The van der Waals surface area contributed by atoms with Gasteiger partial charge in [-0.1, -0.05) is 19.4 Å². The average molecular weight is 238 g/mol. The van der Waals surface area contributed by atoms with E-state index in [2.05, 4.69) is 0 Å². The molecule has 1 aromatic carbocycles. The van der Waals surface area contributed by atoms with Gasteiger partial charge in [-0.05, 0) is 18.6 Å². The Bertz CT molecular complexity index is 425. The maximum atomic E-state index is 11.4. The smallest absolute Gasteiger partial charge is 0.343 e. The van der Waals surface area contributed by atoms with Crippen LogP contribution in [-0.2, 0) is 4.79 Å². The number of unbranched alkanes of at least 4 members (excludes halogenated alkanes) is 1. The zero-order chi connectivity index (χ0) is 12.8. The van der Waals surface area contributed by atoms with E-state index in [0.29, 0.717) is 6.42 Å². The highest BCUT2D eigenvalue weighted by molar-refractivity contribution is 5.94. The first-order valence-corrected chi connectivity index (χ1v) is 5.32. The molecule has 0 aliphatic rings. The molecule has 1 rings (SSSR count). The number of carbonyl (C=O) groups is 2. The van der Waals surface area contributed by atoms with Crippen molar-refractivity contribution < 1.29 is 24.5 Å². The van der Waals surface area contributed by atoms with E-state index in [4.69, 9.17) is 9.84 Å². The minimum absolute atomic E-state index is 0.126. The van der Waals surface area contributed by atoms with E-state index in [-0.39, 0.29) is 12.2 Å². The molecule has 0 aliphatic heterocycles. The van der Waals surface area contributed by atoms with Gasteiger partial charge in [0.25, 0.3) is 0 Å². The zero-order valence-corrected chi connectivity index (χ0v) is 9.47. The summed E-state index contributed by atoms with van der Waals surface area (Å²) in [7, 11) is 0. The molecule has 0 bridgehead atoms. The van der Waals surface area contributed by atoms with Crippen LogP contribution in [0, 0.1) is 0 Å².